The summed E-state index contributed by atoms with van der Waals surface area (Å²) in [5.74, 6) is 2.58. The van der Waals surface area contributed by atoms with Crippen molar-refractivity contribution in [2.24, 2.45) is 5.92 Å². The molecule has 2 unspecified atom stereocenters. The molecular weight excluding hydrogens is 200 g/mol. The highest BCUT2D eigenvalue weighted by atomic mass is 16.5. The fraction of sp³-hybridized carbons (Fsp3) is 0.500. The molecule has 0 spiro atoms. The summed E-state index contributed by atoms with van der Waals surface area (Å²) in [6.45, 7) is 0.796. The Labute approximate surface area is 95.6 Å². The first-order chi connectivity index (χ1) is 7.83. The Morgan fingerprint density at radius 3 is 3.00 bits per heavy atom. The number of ether oxygens (including phenoxy) is 1. The largest absolute Gasteiger partial charge is 0.493 e. The van der Waals surface area contributed by atoms with Gasteiger partial charge in [0.2, 0.25) is 0 Å². The van der Waals surface area contributed by atoms with Crippen LogP contribution in [0.4, 0.5) is 0 Å². The number of para-hydroxylation sites is 1. The molecule has 0 N–H and O–H groups in total. The average Bonchev–Trinajstić information content (AvgIpc) is 2.87. The second-order valence-electron chi connectivity index (χ2n) is 4.93. The fourth-order valence-corrected chi connectivity index (χ4v) is 2.92. The topological polar surface area (TPSA) is 26.3 Å². The van der Waals surface area contributed by atoms with E-state index in [9.17, 15) is 4.79 Å². The highest BCUT2D eigenvalue weighted by molar-refractivity contribution is 5.80. The van der Waals surface area contributed by atoms with E-state index < -0.39 is 0 Å². The summed E-state index contributed by atoms with van der Waals surface area (Å²) >= 11 is 0. The molecule has 1 aliphatic heterocycles. The van der Waals surface area contributed by atoms with Crippen molar-refractivity contribution in [3.63, 3.8) is 0 Å². The van der Waals surface area contributed by atoms with E-state index in [2.05, 4.69) is 12.1 Å². The molecule has 2 nitrogen and oxygen atoms in total. The minimum Gasteiger partial charge on any atom is -0.493 e. The van der Waals surface area contributed by atoms with Crippen LogP contribution in [-0.4, -0.2) is 12.4 Å². The van der Waals surface area contributed by atoms with Gasteiger partial charge < -0.3 is 4.74 Å². The van der Waals surface area contributed by atoms with Gasteiger partial charge in [-0.25, -0.2) is 0 Å². The van der Waals surface area contributed by atoms with Crippen molar-refractivity contribution in [3.05, 3.63) is 29.8 Å². The third-order valence-corrected chi connectivity index (χ3v) is 3.76. The van der Waals surface area contributed by atoms with E-state index in [4.69, 9.17) is 4.74 Å². The van der Waals surface area contributed by atoms with Gasteiger partial charge in [-0.05, 0) is 24.8 Å². The molecule has 3 rings (SSSR count). The molecule has 1 heterocycles. The second-order valence-corrected chi connectivity index (χ2v) is 4.93. The van der Waals surface area contributed by atoms with Gasteiger partial charge in [0.1, 0.15) is 11.5 Å². The molecular formula is C14H16O2. The maximum absolute atomic E-state index is 11.2. The number of carbonyl (C=O) groups is 1. The van der Waals surface area contributed by atoms with E-state index >= 15 is 0 Å². The van der Waals surface area contributed by atoms with Gasteiger partial charge in [0, 0.05) is 24.3 Å². The lowest BCUT2D eigenvalue weighted by atomic mass is 9.89. The zero-order valence-electron chi connectivity index (χ0n) is 9.32. The van der Waals surface area contributed by atoms with Gasteiger partial charge in [-0.15, -0.1) is 0 Å². The number of hydrogen-bond acceptors (Lipinski definition) is 2. The number of ketones is 1. The van der Waals surface area contributed by atoms with Crippen molar-refractivity contribution < 1.29 is 9.53 Å². The monoisotopic (exact) mass is 216 g/mol. The molecule has 0 aromatic heterocycles. The Kier molecular flexibility index (Phi) is 2.43. The molecule has 2 aliphatic rings. The summed E-state index contributed by atoms with van der Waals surface area (Å²) in [6, 6.07) is 8.28. The van der Waals surface area contributed by atoms with Crippen LogP contribution in [0, 0.1) is 5.92 Å². The first-order valence-corrected chi connectivity index (χ1v) is 6.06. The zero-order valence-corrected chi connectivity index (χ0v) is 9.32. The zero-order chi connectivity index (χ0) is 11.0. The van der Waals surface area contributed by atoms with E-state index in [1.165, 1.54) is 5.56 Å². The van der Waals surface area contributed by atoms with Gasteiger partial charge in [-0.2, -0.15) is 0 Å². The van der Waals surface area contributed by atoms with Crippen molar-refractivity contribution in [1.29, 1.82) is 0 Å². The molecule has 0 bridgehead atoms. The standard InChI is InChI=1S/C14H16O2/c15-12-6-5-10(8-12)7-11-9-16-14-4-2-1-3-13(11)14/h1-4,10-11H,5-9H2. The first-order valence-electron chi connectivity index (χ1n) is 6.06. The Bertz CT molecular complexity index is 411. The van der Waals surface area contributed by atoms with Gasteiger partial charge in [0.05, 0.1) is 6.61 Å². The molecule has 84 valence electrons. The number of fused-ring (bicyclic) bond motifs is 1. The lowest BCUT2D eigenvalue weighted by Crippen LogP contribution is -2.07. The predicted octanol–water partition coefficient (Wildman–Crippen LogP) is 2.92. The smallest absolute Gasteiger partial charge is 0.133 e. The number of rotatable bonds is 2. The maximum Gasteiger partial charge on any atom is 0.133 e. The quantitative estimate of drug-likeness (QED) is 0.759. The highest BCUT2D eigenvalue weighted by Crippen LogP contribution is 2.40. The molecule has 0 amide bonds. The van der Waals surface area contributed by atoms with Crippen LogP contribution in [0.2, 0.25) is 0 Å². The van der Waals surface area contributed by atoms with E-state index in [1.807, 2.05) is 12.1 Å². The van der Waals surface area contributed by atoms with Crippen LogP contribution in [-0.2, 0) is 4.79 Å². The summed E-state index contributed by atoms with van der Waals surface area (Å²) < 4.78 is 5.66. The molecule has 1 aliphatic carbocycles. The van der Waals surface area contributed by atoms with Crippen molar-refractivity contribution in [1.82, 2.24) is 0 Å². The molecule has 1 aromatic rings. The normalized spacial score (nSPS) is 27.9. The van der Waals surface area contributed by atoms with Crippen LogP contribution in [0.25, 0.3) is 0 Å². The van der Waals surface area contributed by atoms with Gasteiger partial charge in [0.25, 0.3) is 0 Å². The van der Waals surface area contributed by atoms with Crippen LogP contribution >= 0.6 is 0 Å². The molecule has 0 radical (unpaired) electrons. The Balaban J connectivity index is 1.71. The number of carbonyl (C=O) groups excluding carboxylic acids is 1. The Hall–Kier alpha value is -1.31. The lowest BCUT2D eigenvalue weighted by molar-refractivity contribution is -0.117. The molecule has 1 aromatic carbocycles. The van der Waals surface area contributed by atoms with Crippen molar-refractivity contribution in [3.8, 4) is 5.75 Å². The van der Waals surface area contributed by atoms with E-state index in [0.29, 0.717) is 17.6 Å². The summed E-state index contributed by atoms with van der Waals surface area (Å²) in [5.41, 5.74) is 1.34. The second kappa shape index (κ2) is 3.93. The van der Waals surface area contributed by atoms with E-state index in [0.717, 1.165) is 38.0 Å². The van der Waals surface area contributed by atoms with Crippen LogP contribution < -0.4 is 4.74 Å². The van der Waals surface area contributed by atoms with E-state index in [1.54, 1.807) is 0 Å². The molecule has 0 saturated heterocycles. The van der Waals surface area contributed by atoms with Crippen LogP contribution in [0.15, 0.2) is 24.3 Å². The number of Topliss-reactive ketones (excluding diaryl/α,β-unsaturated/α-hetero) is 1. The first kappa shape index (κ1) is 9.88. The number of hydrogen-bond donors (Lipinski definition) is 0. The van der Waals surface area contributed by atoms with Crippen molar-refractivity contribution in [2.45, 2.75) is 31.6 Å². The summed E-state index contributed by atoms with van der Waals surface area (Å²) in [4.78, 5) is 11.2. The summed E-state index contributed by atoms with van der Waals surface area (Å²) in [7, 11) is 0. The molecule has 2 atom stereocenters. The summed E-state index contributed by atoms with van der Waals surface area (Å²) in [6.07, 6.45) is 3.78. The van der Waals surface area contributed by atoms with Crippen LogP contribution in [0.5, 0.6) is 5.75 Å². The van der Waals surface area contributed by atoms with Crippen molar-refractivity contribution >= 4 is 5.78 Å². The van der Waals surface area contributed by atoms with Gasteiger partial charge in [-0.1, -0.05) is 18.2 Å². The molecule has 2 heteroatoms. The van der Waals surface area contributed by atoms with Gasteiger partial charge in [-0.3, -0.25) is 4.79 Å². The minimum absolute atomic E-state index is 0.442. The minimum atomic E-state index is 0.442. The van der Waals surface area contributed by atoms with E-state index in [-0.39, 0.29) is 0 Å². The molecule has 1 fully saturated rings. The van der Waals surface area contributed by atoms with Gasteiger partial charge >= 0.3 is 0 Å². The molecule has 16 heavy (non-hydrogen) atoms. The predicted molar refractivity (Wildman–Crippen MR) is 61.6 cm³/mol. The third kappa shape index (κ3) is 1.73. The lowest BCUT2D eigenvalue weighted by Gasteiger charge is -2.13. The summed E-state index contributed by atoms with van der Waals surface area (Å²) in [5, 5.41) is 0. The third-order valence-electron chi connectivity index (χ3n) is 3.76. The van der Waals surface area contributed by atoms with Crippen LogP contribution in [0.1, 0.15) is 37.2 Å². The highest BCUT2D eigenvalue weighted by Gasteiger charge is 2.30. The molecule has 1 saturated carbocycles. The Morgan fingerprint density at radius 2 is 2.19 bits per heavy atom. The SMILES string of the molecule is O=C1CCC(CC2COc3ccccc32)C1. The van der Waals surface area contributed by atoms with Gasteiger partial charge in [0.15, 0.2) is 0 Å². The van der Waals surface area contributed by atoms with Crippen LogP contribution in [0.3, 0.4) is 0 Å². The number of benzene rings is 1. The Morgan fingerprint density at radius 1 is 1.31 bits per heavy atom. The fourth-order valence-electron chi connectivity index (χ4n) is 2.92. The maximum atomic E-state index is 11.2. The average molecular weight is 216 g/mol. The van der Waals surface area contributed by atoms with Crippen molar-refractivity contribution in [2.75, 3.05) is 6.61 Å².